The highest BCUT2D eigenvalue weighted by atomic mass is 16.4. The van der Waals surface area contributed by atoms with Crippen LogP contribution in [0.2, 0.25) is 0 Å². The minimum absolute atomic E-state index is 0.137. The maximum Gasteiger partial charge on any atom is 0.308 e. The van der Waals surface area contributed by atoms with E-state index in [1.165, 1.54) is 0 Å². The first-order chi connectivity index (χ1) is 14.0. The summed E-state index contributed by atoms with van der Waals surface area (Å²) in [6.45, 7) is 5.39. The lowest BCUT2D eigenvalue weighted by Crippen LogP contribution is -2.45. The Morgan fingerprint density at radius 1 is 1.21 bits per heavy atom. The van der Waals surface area contributed by atoms with Crippen LogP contribution in [-0.2, 0) is 11.3 Å². The van der Waals surface area contributed by atoms with Crippen LogP contribution < -0.4 is 0 Å². The minimum Gasteiger partial charge on any atom is -0.481 e. The van der Waals surface area contributed by atoms with E-state index in [4.69, 9.17) is 4.98 Å². The number of carbonyl (C=O) groups excluding carboxylic acids is 1. The number of rotatable bonds is 4. The highest BCUT2D eigenvalue weighted by Gasteiger charge is 2.33. The van der Waals surface area contributed by atoms with Crippen molar-refractivity contribution in [2.75, 3.05) is 13.1 Å². The number of carboxylic acid groups (broad SMARTS) is 1. The van der Waals surface area contributed by atoms with Gasteiger partial charge in [0, 0.05) is 25.2 Å². The Labute approximate surface area is 169 Å². The van der Waals surface area contributed by atoms with Crippen molar-refractivity contribution < 1.29 is 14.7 Å². The zero-order chi connectivity index (χ0) is 20.5. The van der Waals surface area contributed by atoms with Gasteiger partial charge in [-0.2, -0.15) is 5.10 Å². The van der Waals surface area contributed by atoms with Crippen molar-refractivity contribution in [3.8, 4) is 11.3 Å². The lowest BCUT2D eigenvalue weighted by atomic mass is 9.90. The fourth-order valence-electron chi connectivity index (χ4n) is 4.08. The molecule has 0 saturated carbocycles. The van der Waals surface area contributed by atoms with Gasteiger partial charge in [-0.15, -0.1) is 0 Å². The summed E-state index contributed by atoms with van der Waals surface area (Å²) in [4.78, 5) is 31.4. The number of hydrogen-bond donors (Lipinski definition) is 1. The monoisotopic (exact) mass is 392 g/mol. The molecule has 2 unspecified atom stereocenters. The first kappa shape index (κ1) is 19.1. The standard InChI is InChI=1S/C22H24N4O3/c1-3-26-20-18(11-23-26)17(10-19(24-20)15-7-5-4-6-8-15)21(27)25-12-14(2)9-16(13-25)22(28)29/h4-8,10-11,14,16H,3,9,12-13H2,1-2H3,(H,28,29). The number of aryl methyl sites for hydroxylation is 1. The zero-order valence-electron chi connectivity index (χ0n) is 16.6. The van der Waals surface area contributed by atoms with Crippen LogP contribution in [0.3, 0.4) is 0 Å². The molecular weight excluding hydrogens is 368 g/mol. The number of nitrogens with zero attached hydrogens (tertiary/aromatic N) is 4. The Morgan fingerprint density at radius 2 is 1.97 bits per heavy atom. The molecule has 1 aliphatic rings. The molecule has 29 heavy (non-hydrogen) atoms. The van der Waals surface area contributed by atoms with E-state index in [1.807, 2.05) is 44.2 Å². The normalized spacial score (nSPS) is 19.4. The van der Waals surface area contributed by atoms with Gasteiger partial charge in [-0.25, -0.2) is 9.67 Å². The largest absolute Gasteiger partial charge is 0.481 e. The van der Waals surface area contributed by atoms with E-state index in [0.29, 0.717) is 41.8 Å². The quantitative estimate of drug-likeness (QED) is 0.736. The van der Waals surface area contributed by atoms with Gasteiger partial charge in [-0.3, -0.25) is 9.59 Å². The molecule has 7 heteroatoms. The number of pyridine rings is 1. The summed E-state index contributed by atoms with van der Waals surface area (Å²) in [5, 5.41) is 14.5. The molecule has 3 heterocycles. The fourth-order valence-corrected chi connectivity index (χ4v) is 4.08. The van der Waals surface area contributed by atoms with Crippen molar-refractivity contribution in [3.63, 3.8) is 0 Å². The van der Waals surface area contributed by atoms with Crippen molar-refractivity contribution in [3.05, 3.63) is 48.2 Å². The number of aromatic nitrogens is 3. The molecule has 7 nitrogen and oxygen atoms in total. The van der Waals surface area contributed by atoms with Crippen molar-refractivity contribution in [2.24, 2.45) is 11.8 Å². The number of piperidine rings is 1. The van der Waals surface area contributed by atoms with Crippen molar-refractivity contribution >= 4 is 22.9 Å². The smallest absolute Gasteiger partial charge is 0.308 e. The molecule has 0 aliphatic carbocycles. The summed E-state index contributed by atoms with van der Waals surface area (Å²) in [5.74, 6) is -1.41. The van der Waals surface area contributed by atoms with Crippen LogP contribution in [0.25, 0.3) is 22.3 Å². The fraction of sp³-hybridized carbons (Fsp3) is 0.364. The number of carbonyl (C=O) groups is 2. The number of likely N-dealkylation sites (tertiary alicyclic amines) is 1. The number of hydrogen-bond acceptors (Lipinski definition) is 4. The molecule has 3 aromatic rings. The Balaban J connectivity index is 1.80. The maximum absolute atomic E-state index is 13.5. The number of aliphatic carboxylic acids is 1. The van der Waals surface area contributed by atoms with E-state index in [1.54, 1.807) is 21.8 Å². The Bertz CT molecular complexity index is 1060. The molecule has 1 saturated heterocycles. The molecule has 1 fully saturated rings. The number of amides is 1. The van der Waals surface area contributed by atoms with Crippen molar-refractivity contribution in [1.29, 1.82) is 0 Å². The molecule has 2 aromatic heterocycles. The average molecular weight is 392 g/mol. The van der Waals surface area contributed by atoms with Gasteiger partial charge in [0.05, 0.1) is 28.8 Å². The number of fused-ring (bicyclic) bond motifs is 1. The van der Waals surface area contributed by atoms with E-state index in [-0.39, 0.29) is 18.4 Å². The van der Waals surface area contributed by atoms with Gasteiger partial charge in [-0.05, 0) is 25.3 Å². The second-order valence-electron chi connectivity index (χ2n) is 7.70. The molecule has 1 amide bonds. The van der Waals surface area contributed by atoms with Crippen molar-refractivity contribution in [1.82, 2.24) is 19.7 Å². The third-order valence-electron chi connectivity index (χ3n) is 5.50. The summed E-state index contributed by atoms with van der Waals surface area (Å²) in [7, 11) is 0. The highest BCUT2D eigenvalue weighted by molar-refractivity contribution is 6.06. The van der Waals surface area contributed by atoms with Crippen LogP contribution in [0.1, 0.15) is 30.6 Å². The third-order valence-corrected chi connectivity index (χ3v) is 5.50. The predicted octanol–water partition coefficient (Wildman–Crippen LogP) is 3.30. The van der Waals surface area contributed by atoms with Crippen LogP contribution in [-0.4, -0.2) is 49.7 Å². The van der Waals surface area contributed by atoms with Gasteiger partial charge < -0.3 is 10.0 Å². The molecule has 150 valence electrons. The lowest BCUT2D eigenvalue weighted by molar-refractivity contribution is -0.143. The van der Waals surface area contributed by atoms with E-state index in [9.17, 15) is 14.7 Å². The number of carboxylic acids is 1. The van der Waals surface area contributed by atoms with Crippen LogP contribution in [0.5, 0.6) is 0 Å². The average Bonchev–Trinajstić information content (AvgIpc) is 3.15. The van der Waals surface area contributed by atoms with E-state index in [2.05, 4.69) is 5.10 Å². The van der Waals surface area contributed by atoms with E-state index < -0.39 is 11.9 Å². The third kappa shape index (κ3) is 3.60. The highest BCUT2D eigenvalue weighted by Crippen LogP contribution is 2.28. The molecular formula is C22H24N4O3. The van der Waals surface area contributed by atoms with Crippen LogP contribution in [0, 0.1) is 11.8 Å². The lowest BCUT2D eigenvalue weighted by Gasteiger charge is -2.34. The second kappa shape index (κ2) is 7.66. The van der Waals surface area contributed by atoms with Gasteiger partial charge in [0.15, 0.2) is 5.65 Å². The van der Waals surface area contributed by atoms with E-state index >= 15 is 0 Å². The SMILES string of the molecule is CCn1ncc2c(C(=O)N3CC(C)CC(C(=O)O)C3)cc(-c3ccccc3)nc21. The van der Waals surface area contributed by atoms with Gasteiger partial charge in [0.25, 0.3) is 5.91 Å². The molecule has 0 spiro atoms. The minimum atomic E-state index is -0.849. The van der Waals surface area contributed by atoms with Crippen LogP contribution in [0.4, 0.5) is 0 Å². The Kier molecular flexibility index (Phi) is 5.05. The molecule has 1 aliphatic heterocycles. The summed E-state index contributed by atoms with van der Waals surface area (Å²) >= 11 is 0. The summed E-state index contributed by atoms with van der Waals surface area (Å²) in [6.07, 6.45) is 2.27. The van der Waals surface area contributed by atoms with Crippen molar-refractivity contribution in [2.45, 2.75) is 26.8 Å². The first-order valence-electron chi connectivity index (χ1n) is 9.92. The van der Waals surface area contributed by atoms with Gasteiger partial charge in [-0.1, -0.05) is 37.3 Å². The molecule has 0 radical (unpaired) electrons. The Morgan fingerprint density at radius 3 is 2.66 bits per heavy atom. The first-order valence-corrected chi connectivity index (χ1v) is 9.92. The molecule has 1 N–H and O–H groups in total. The number of benzene rings is 1. The van der Waals surface area contributed by atoms with Crippen LogP contribution >= 0.6 is 0 Å². The molecule has 1 aromatic carbocycles. The van der Waals surface area contributed by atoms with Gasteiger partial charge in [0.2, 0.25) is 0 Å². The summed E-state index contributed by atoms with van der Waals surface area (Å²) in [6, 6.07) is 11.5. The van der Waals surface area contributed by atoms with E-state index in [0.717, 1.165) is 5.56 Å². The summed E-state index contributed by atoms with van der Waals surface area (Å²) in [5.41, 5.74) is 2.81. The summed E-state index contributed by atoms with van der Waals surface area (Å²) < 4.78 is 1.78. The second-order valence-corrected chi connectivity index (χ2v) is 7.70. The molecule has 0 bridgehead atoms. The maximum atomic E-state index is 13.5. The molecule has 2 atom stereocenters. The predicted molar refractivity (Wildman–Crippen MR) is 109 cm³/mol. The zero-order valence-corrected chi connectivity index (χ0v) is 16.6. The topological polar surface area (TPSA) is 88.3 Å². The van der Waals surface area contributed by atoms with Crippen LogP contribution in [0.15, 0.2) is 42.6 Å². The molecule has 4 rings (SSSR count). The van der Waals surface area contributed by atoms with Gasteiger partial charge in [0.1, 0.15) is 0 Å². The van der Waals surface area contributed by atoms with Gasteiger partial charge >= 0.3 is 5.97 Å². The Hall–Kier alpha value is -3.22.